The average Bonchev–Trinajstić information content (AvgIpc) is 2.88. The Morgan fingerprint density at radius 3 is 2.42 bits per heavy atom. The zero-order valence-electron chi connectivity index (χ0n) is 13.6. The third kappa shape index (κ3) is 5.04. The van der Waals surface area contributed by atoms with Gasteiger partial charge >= 0.3 is 5.97 Å². The molecule has 0 aliphatic carbocycles. The van der Waals surface area contributed by atoms with Crippen molar-refractivity contribution in [1.82, 2.24) is 0 Å². The maximum Gasteiger partial charge on any atom is 0.333 e. The van der Waals surface area contributed by atoms with Crippen LogP contribution in [0.3, 0.4) is 0 Å². The van der Waals surface area contributed by atoms with Gasteiger partial charge in [0.25, 0.3) is 5.91 Å². The molecule has 24 heavy (non-hydrogen) atoms. The Balaban J connectivity index is 1.92. The predicted octanol–water partition coefficient (Wildman–Crippen LogP) is 1.09. The topological polar surface area (TPSA) is 110 Å². The van der Waals surface area contributed by atoms with Crippen LogP contribution < -0.4 is 5.32 Å². The Hall–Kier alpha value is -1.93. The molecule has 1 heterocycles. The van der Waals surface area contributed by atoms with Crippen LogP contribution in [0, 0.1) is 5.92 Å². The molecule has 7 nitrogen and oxygen atoms in total. The van der Waals surface area contributed by atoms with Crippen LogP contribution in [0.1, 0.15) is 18.9 Å². The number of aryl methyl sites for hydroxylation is 1. The number of carbonyl (C=O) groups is 2. The van der Waals surface area contributed by atoms with E-state index in [0.29, 0.717) is 18.5 Å². The lowest BCUT2D eigenvalue weighted by Gasteiger charge is -2.12. The fraction of sp³-hybridized carbons (Fsp3) is 0.500. The van der Waals surface area contributed by atoms with E-state index in [1.807, 2.05) is 0 Å². The minimum Gasteiger partial charge on any atom is -0.479 e. The molecule has 132 valence electrons. The number of sulfone groups is 1. The lowest BCUT2D eigenvalue weighted by atomic mass is 10.0. The fourth-order valence-electron chi connectivity index (χ4n) is 2.58. The van der Waals surface area contributed by atoms with Gasteiger partial charge in [0, 0.05) is 11.9 Å². The molecule has 3 atom stereocenters. The van der Waals surface area contributed by atoms with Gasteiger partial charge in [-0.25, -0.2) is 13.2 Å². The van der Waals surface area contributed by atoms with Crippen molar-refractivity contribution >= 4 is 27.4 Å². The molecular weight excluding hydrogens is 334 g/mol. The van der Waals surface area contributed by atoms with Crippen LogP contribution in [-0.4, -0.2) is 49.6 Å². The summed E-state index contributed by atoms with van der Waals surface area (Å²) < 4.78 is 27.6. The molecule has 1 aromatic carbocycles. The monoisotopic (exact) mass is 355 g/mol. The van der Waals surface area contributed by atoms with Crippen LogP contribution in [0.15, 0.2) is 24.3 Å². The molecule has 2 rings (SSSR count). The van der Waals surface area contributed by atoms with E-state index >= 15 is 0 Å². The van der Waals surface area contributed by atoms with Gasteiger partial charge in [0.2, 0.25) is 0 Å². The lowest BCUT2D eigenvalue weighted by Crippen LogP contribution is -2.30. The van der Waals surface area contributed by atoms with Crippen LogP contribution in [0.25, 0.3) is 0 Å². The maximum absolute atomic E-state index is 12.2. The summed E-state index contributed by atoms with van der Waals surface area (Å²) in [6, 6.07) is 6.86. The number of hydrogen-bond acceptors (Lipinski definition) is 5. The molecule has 1 aliphatic heterocycles. The highest BCUT2D eigenvalue weighted by molar-refractivity contribution is 7.90. The summed E-state index contributed by atoms with van der Waals surface area (Å²) in [6.07, 6.45) is 0.214. The summed E-state index contributed by atoms with van der Waals surface area (Å²) in [5, 5.41) is 11.7. The first kappa shape index (κ1) is 18.4. The number of benzene rings is 1. The Bertz CT molecular complexity index is 713. The highest BCUT2D eigenvalue weighted by Gasteiger charge is 2.40. The van der Waals surface area contributed by atoms with Gasteiger partial charge in [0.15, 0.2) is 6.10 Å². The highest BCUT2D eigenvalue weighted by Crippen LogP contribution is 2.27. The summed E-state index contributed by atoms with van der Waals surface area (Å²) in [7, 11) is -3.01. The van der Waals surface area contributed by atoms with Crippen molar-refractivity contribution in [1.29, 1.82) is 0 Å². The number of carbonyl (C=O) groups excluding carboxylic acids is 1. The van der Waals surface area contributed by atoms with Gasteiger partial charge in [-0.1, -0.05) is 19.1 Å². The first-order valence-electron chi connectivity index (χ1n) is 7.61. The number of carboxylic acids is 1. The molecular formula is C16H21NO6S. The van der Waals surface area contributed by atoms with Crippen LogP contribution in [0.4, 0.5) is 5.69 Å². The van der Waals surface area contributed by atoms with E-state index in [-0.39, 0.29) is 17.6 Å². The summed E-state index contributed by atoms with van der Waals surface area (Å²) in [4.78, 5) is 23.2. The molecule has 1 saturated heterocycles. The van der Waals surface area contributed by atoms with Crippen molar-refractivity contribution in [3.63, 3.8) is 0 Å². The molecule has 1 fully saturated rings. The highest BCUT2D eigenvalue weighted by atomic mass is 32.2. The molecule has 1 amide bonds. The molecule has 8 heteroatoms. The number of carboxylic acid groups (broad SMARTS) is 1. The van der Waals surface area contributed by atoms with Crippen LogP contribution in [0.2, 0.25) is 0 Å². The zero-order chi connectivity index (χ0) is 17.9. The summed E-state index contributed by atoms with van der Waals surface area (Å²) in [6.45, 7) is 1.74. The minimum absolute atomic E-state index is 0.0725. The number of rotatable bonds is 6. The summed E-state index contributed by atoms with van der Waals surface area (Å²) in [5.74, 6) is -1.59. The van der Waals surface area contributed by atoms with E-state index < -0.39 is 28.0 Å². The number of amides is 1. The van der Waals surface area contributed by atoms with Gasteiger partial charge in [-0.3, -0.25) is 4.79 Å². The maximum atomic E-state index is 12.2. The Labute approximate surface area is 140 Å². The van der Waals surface area contributed by atoms with E-state index in [4.69, 9.17) is 9.84 Å². The third-order valence-electron chi connectivity index (χ3n) is 3.93. The van der Waals surface area contributed by atoms with E-state index in [1.54, 1.807) is 31.2 Å². The van der Waals surface area contributed by atoms with Crippen molar-refractivity contribution < 1.29 is 27.9 Å². The fourth-order valence-corrected chi connectivity index (χ4v) is 3.19. The second kappa shape index (κ2) is 7.31. The zero-order valence-corrected chi connectivity index (χ0v) is 14.4. The van der Waals surface area contributed by atoms with E-state index in [0.717, 1.165) is 5.56 Å². The SMILES string of the molecule is C[C@@H]1C[C@H](C(=O)Nc2ccc(CCS(C)(=O)=O)cc2)O[C@H]1C(=O)O. The number of ether oxygens (including phenoxy) is 1. The van der Waals surface area contributed by atoms with Gasteiger partial charge in [0.05, 0.1) is 5.75 Å². The molecule has 0 aromatic heterocycles. The lowest BCUT2D eigenvalue weighted by molar-refractivity contribution is -0.152. The van der Waals surface area contributed by atoms with Gasteiger partial charge in [-0.05, 0) is 36.5 Å². The van der Waals surface area contributed by atoms with Crippen LogP contribution in [-0.2, 0) is 30.6 Å². The number of nitrogens with one attached hydrogen (secondary N) is 1. The van der Waals surface area contributed by atoms with Crippen LogP contribution in [0.5, 0.6) is 0 Å². The van der Waals surface area contributed by atoms with Gasteiger partial charge < -0.3 is 15.2 Å². The van der Waals surface area contributed by atoms with E-state index in [9.17, 15) is 18.0 Å². The number of hydrogen-bond donors (Lipinski definition) is 2. The number of anilines is 1. The molecule has 1 aliphatic rings. The quantitative estimate of drug-likeness (QED) is 0.790. The normalized spacial score (nSPS) is 23.8. The van der Waals surface area contributed by atoms with Crippen molar-refractivity contribution in [2.24, 2.45) is 5.92 Å². The van der Waals surface area contributed by atoms with Crippen molar-refractivity contribution in [2.75, 3.05) is 17.3 Å². The first-order valence-corrected chi connectivity index (χ1v) is 9.67. The number of aliphatic carboxylic acids is 1. The van der Waals surface area contributed by atoms with Gasteiger partial charge in [0.1, 0.15) is 15.9 Å². The molecule has 0 spiro atoms. The Morgan fingerprint density at radius 1 is 1.29 bits per heavy atom. The summed E-state index contributed by atoms with van der Waals surface area (Å²) >= 11 is 0. The predicted molar refractivity (Wildman–Crippen MR) is 88.6 cm³/mol. The molecule has 0 bridgehead atoms. The van der Waals surface area contributed by atoms with Gasteiger partial charge in [-0.2, -0.15) is 0 Å². The minimum atomic E-state index is -3.01. The second-order valence-corrected chi connectivity index (χ2v) is 8.42. The first-order chi connectivity index (χ1) is 11.2. The van der Waals surface area contributed by atoms with Crippen molar-refractivity contribution in [2.45, 2.75) is 32.0 Å². The average molecular weight is 355 g/mol. The smallest absolute Gasteiger partial charge is 0.333 e. The molecule has 1 aromatic rings. The standard InChI is InChI=1S/C16H21NO6S/c1-10-9-13(23-14(10)16(19)20)15(18)17-12-5-3-11(4-6-12)7-8-24(2,21)22/h3-6,10,13-14H,7-9H2,1-2H3,(H,17,18)(H,19,20)/t10-,13-,14-/m1/s1. The second-order valence-electron chi connectivity index (χ2n) is 6.16. The van der Waals surface area contributed by atoms with E-state index in [1.165, 1.54) is 6.26 Å². The van der Waals surface area contributed by atoms with Crippen LogP contribution >= 0.6 is 0 Å². The third-order valence-corrected chi connectivity index (χ3v) is 4.88. The molecule has 0 saturated carbocycles. The Kier molecular flexibility index (Phi) is 5.61. The molecule has 0 radical (unpaired) electrons. The van der Waals surface area contributed by atoms with Crippen molar-refractivity contribution in [3.8, 4) is 0 Å². The Morgan fingerprint density at radius 2 is 1.92 bits per heavy atom. The van der Waals surface area contributed by atoms with Crippen molar-refractivity contribution in [3.05, 3.63) is 29.8 Å². The largest absolute Gasteiger partial charge is 0.479 e. The molecule has 2 N–H and O–H groups in total. The molecule has 0 unspecified atom stereocenters. The van der Waals surface area contributed by atoms with E-state index in [2.05, 4.69) is 5.32 Å². The van der Waals surface area contributed by atoms with Gasteiger partial charge in [-0.15, -0.1) is 0 Å². The summed E-state index contributed by atoms with van der Waals surface area (Å²) in [5.41, 5.74) is 1.41.